The number of anilines is 2. The van der Waals surface area contributed by atoms with Crippen LogP contribution < -0.4 is 15.1 Å². The third kappa shape index (κ3) is 6.18. The van der Waals surface area contributed by atoms with Crippen molar-refractivity contribution in [2.75, 3.05) is 42.5 Å². The van der Waals surface area contributed by atoms with Gasteiger partial charge in [-0.05, 0) is 105 Å². The monoisotopic (exact) mass is 771 g/mol. The molecule has 12 nitrogen and oxygen atoms in total. The van der Waals surface area contributed by atoms with E-state index in [1.54, 1.807) is 12.1 Å². The molecule has 4 aromatic rings. The van der Waals surface area contributed by atoms with Crippen LogP contribution in [0.2, 0.25) is 5.02 Å². The van der Waals surface area contributed by atoms with Crippen LogP contribution in [0, 0.1) is 16.7 Å². The number of aromatic nitrogens is 1. The maximum atomic E-state index is 13.6. The molecule has 1 N–H and O–H groups in total. The van der Waals surface area contributed by atoms with E-state index >= 15 is 0 Å². The Hall–Kier alpha value is -5.67. The molecule has 5 aliphatic heterocycles. The molecule has 1 spiro atoms. The van der Waals surface area contributed by atoms with E-state index < -0.39 is 29.7 Å². The fourth-order valence-electron chi connectivity index (χ4n) is 9.75. The van der Waals surface area contributed by atoms with Crippen molar-refractivity contribution in [3.63, 3.8) is 0 Å². The SMILES string of the molecule is C[C@H]1CC2(CCN(c3ccc(C(=O)N4CCC(n5cc6cc7c(cc6c5)C(=O)N(C5CCC(=O)NC5=O)C7=O)CC4)cc3)CC2)CN1c1ccc(C#N)c(Cl)c1. The summed E-state index contributed by atoms with van der Waals surface area (Å²) in [5, 5.41) is 13.7. The summed E-state index contributed by atoms with van der Waals surface area (Å²) in [6.07, 6.45) is 9.02. The average molecular weight is 772 g/mol. The third-order valence-electron chi connectivity index (χ3n) is 12.9. The van der Waals surface area contributed by atoms with Crippen molar-refractivity contribution in [1.82, 2.24) is 19.7 Å². The van der Waals surface area contributed by atoms with E-state index in [1.165, 1.54) is 0 Å². The molecule has 5 amide bonds. The zero-order valence-electron chi connectivity index (χ0n) is 31.2. The Morgan fingerprint density at radius 2 is 1.50 bits per heavy atom. The second kappa shape index (κ2) is 13.8. The van der Waals surface area contributed by atoms with Gasteiger partial charge in [-0.3, -0.25) is 34.2 Å². The lowest BCUT2D eigenvalue weighted by Crippen LogP contribution is -2.54. The van der Waals surface area contributed by atoms with Gasteiger partial charge in [-0.25, -0.2) is 0 Å². The lowest BCUT2D eigenvalue weighted by Gasteiger charge is -2.40. The summed E-state index contributed by atoms with van der Waals surface area (Å²) >= 11 is 6.37. The van der Waals surface area contributed by atoms with Crippen molar-refractivity contribution >= 4 is 63.3 Å². The van der Waals surface area contributed by atoms with Crippen LogP contribution in [0.25, 0.3) is 10.8 Å². The van der Waals surface area contributed by atoms with E-state index in [1.807, 2.05) is 47.6 Å². The van der Waals surface area contributed by atoms with Crippen molar-refractivity contribution in [3.8, 4) is 6.07 Å². The van der Waals surface area contributed by atoms with Crippen molar-refractivity contribution in [2.24, 2.45) is 5.41 Å². The molecule has 1 unspecified atom stereocenters. The number of hydrogen-bond acceptors (Lipinski definition) is 8. The number of nitrogens with one attached hydrogen (secondary N) is 1. The highest BCUT2D eigenvalue weighted by Crippen LogP contribution is 2.46. The Kier molecular flexibility index (Phi) is 8.88. The molecule has 2 atom stereocenters. The molecule has 13 heteroatoms. The van der Waals surface area contributed by atoms with Crippen molar-refractivity contribution in [3.05, 3.63) is 94.3 Å². The van der Waals surface area contributed by atoms with Crippen LogP contribution in [0.15, 0.2) is 67.0 Å². The molecule has 6 heterocycles. The number of benzene rings is 3. The number of hydrogen-bond donors (Lipinski definition) is 1. The Morgan fingerprint density at radius 3 is 2.11 bits per heavy atom. The maximum Gasteiger partial charge on any atom is 0.262 e. The second-order valence-electron chi connectivity index (χ2n) is 16.2. The number of amides is 5. The van der Waals surface area contributed by atoms with Gasteiger partial charge < -0.3 is 19.3 Å². The van der Waals surface area contributed by atoms with Gasteiger partial charge in [-0.2, -0.15) is 5.26 Å². The first-order valence-corrected chi connectivity index (χ1v) is 19.9. The van der Waals surface area contributed by atoms with Crippen LogP contribution >= 0.6 is 11.6 Å². The summed E-state index contributed by atoms with van der Waals surface area (Å²) in [6.45, 7) is 6.40. The number of carbonyl (C=O) groups is 5. The number of fused-ring (bicyclic) bond motifs is 2. The molecule has 3 aromatic carbocycles. The van der Waals surface area contributed by atoms with Gasteiger partial charge in [0.15, 0.2) is 0 Å². The molecule has 0 aliphatic carbocycles. The first-order chi connectivity index (χ1) is 27.0. The predicted octanol–water partition coefficient (Wildman–Crippen LogP) is 5.93. The van der Waals surface area contributed by atoms with Gasteiger partial charge in [-0.15, -0.1) is 0 Å². The lowest BCUT2D eigenvalue weighted by atomic mass is 9.76. The van der Waals surface area contributed by atoms with E-state index in [0.717, 1.165) is 78.8 Å². The molecule has 1 aromatic heterocycles. The summed E-state index contributed by atoms with van der Waals surface area (Å²) in [7, 11) is 0. The van der Waals surface area contributed by atoms with Crippen LogP contribution in [0.1, 0.15) is 94.5 Å². The smallest absolute Gasteiger partial charge is 0.262 e. The average Bonchev–Trinajstić information content (AvgIpc) is 3.84. The van der Waals surface area contributed by atoms with Crippen molar-refractivity contribution in [2.45, 2.75) is 70.0 Å². The molecule has 0 radical (unpaired) electrons. The molecule has 56 heavy (non-hydrogen) atoms. The molecule has 9 rings (SSSR count). The van der Waals surface area contributed by atoms with Crippen LogP contribution in [0.5, 0.6) is 0 Å². The number of halogens is 1. The highest BCUT2D eigenvalue weighted by Gasteiger charge is 2.46. The Bertz CT molecular complexity index is 2300. The van der Waals surface area contributed by atoms with E-state index in [4.69, 9.17) is 11.6 Å². The minimum absolute atomic E-state index is 0.0298. The summed E-state index contributed by atoms with van der Waals surface area (Å²) in [6, 6.07) is 18.9. The minimum atomic E-state index is -0.995. The van der Waals surface area contributed by atoms with Gasteiger partial charge >= 0.3 is 0 Å². The Morgan fingerprint density at radius 1 is 0.857 bits per heavy atom. The van der Waals surface area contributed by atoms with E-state index in [9.17, 15) is 29.2 Å². The van der Waals surface area contributed by atoms with Crippen LogP contribution in [-0.2, 0) is 9.59 Å². The maximum absolute atomic E-state index is 13.6. The van der Waals surface area contributed by atoms with Gasteiger partial charge in [0.1, 0.15) is 12.1 Å². The summed E-state index contributed by atoms with van der Waals surface area (Å²) < 4.78 is 2.12. The minimum Gasteiger partial charge on any atom is -0.371 e. The molecule has 286 valence electrons. The fraction of sp³-hybridized carbons (Fsp3) is 0.395. The normalized spacial score (nSPS) is 22.6. The molecule has 4 fully saturated rings. The standard InChI is InChI=1S/C43H42ClN7O5/c1-26-21-43(25-50(26)33-7-4-28(22-45)36(44)20-33)12-16-47(17-13-43)31-5-2-27(3-6-31)40(54)48-14-10-32(11-15-48)49-23-29-18-34-35(19-30(29)24-49)42(56)51(41(34)55)37-8-9-38(52)46-39(37)53/h2-7,18-20,23-24,26,32,37H,8-17,21,25H2,1H3,(H,46,52,53)/t26-,37?/m0/s1. The molecule has 0 bridgehead atoms. The molecular formula is C43H42ClN7O5. The molecular weight excluding hydrogens is 730 g/mol. The van der Waals surface area contributed by atoms with Crippen LogP contribution in [0.3, 0.4) is 0 Å². The second-order valence-corrected chi connectivity index (χ2v) is 16.6. The number of carbonyl (C=O) groups excluding carboxylic acids is 5. The van der Waals surface area contributed by atoms with E-state index in [0.29, 0.717) is 35.3 Å². The molecule has 0 saturated carbocycles. The number of nitrogens with zero attached hydrogens (tertiary/aromatic N) is 6. The van der Waals surface area contributed by atoms with Crippen LogP contribution in [-0.4, -0.2) is 88.7 Å². The zero-order valence-corrected chi connectivity index (χ0v) is 31.9. The highest BCUT2D eigenvalue weighted by atomic mass is 35.5. The number of nitriles is 1. The fourth-order valence-corrected chi connectivity index (χ4v) is 9.96. The van der Waals surface area contributed by atoms with Crippen LogP contribution in [0.4, 0.5) is 11.4 Å². The van der Waals surface area contributed by atoms with E-state index in [2.05, 4.69) is 44.8 Å². The summed E-state index contributed by atoms with van der Waals surface area (Å²) in [5.74, 6) is -2.03. The van der Waals surface area contributed by atoms with E-state index in [-0.39, 0.29) is 41.3 Å². The number of piperidine rings is 3. The first kappa shape index (κ1) is 36.0. The molecule has 4 saturated heterocycles. The van der Waals surface area contributed by atoms with Gasteiger partial charge in [0.2, 0.25) is 11.8 Å². The van der Waals surface area contributed by atoms with Crippen molar-refractivity contribution in [1.29, 1.82) is 5.26 Å². The highest BCUT2D eigenvalue weighted by molar-refractivity contribution is 6.32. The quantitative estimate of drug-likeness (QED) is 0.247. The number of likely N-dealkylation sites (tertiary alicyclic amines) is 1. The lowest BCUT2D eigenvalue weighted by molar-refractivity contribution is -0.136. The van der Waals surface area contributed by atoms with Gasteiger partial charge in [0.25, 0.3) is 17.7 Å². The van der Waals surface area contributed by atoms with Gasteiger partial charge in [-0.1, -0.05) is 11.6 Å². The zero-order chi connectivity index (χ0) is 38.9. The summed E-state index contributed by atoms with van der Waals surface area (Å²) in [5.41, 5.74) is 4.17. The first-order valence-electron chi connectivity index (χ1n) is 19.5. The van der Waals surface area contributed by atoms with Crippen molar-refractivity contribution < 1.29 is 24.0 Å². The number of rotatable bonds is 5. The van der Waals surface area contributed by atoms with Gasteiger partial charge in [0.05, 0.1) is 21.7 Å². The van der Waals surface area contributed by atoms with Gasteiger partial charge in [0, 0.05) is 91.3 Å². The number of imide groups is 2. The topological polar surface area (TPSA) is 139 Å². The largest absolute Gasteiger partial charge is 0.371 e. The Labute approximate surface area is 329 Å². The molecule has 5 aliphatic rings. The Balaban J connectivity index is 0.792. The third-order valence-corrected chi connectivity index (χ3v) is 13.2. The summed E-state index contributed by atoms with van der Waals surface area (Å²) in [4.78, 5) is 72.1. The predicted molar refractivity (Wildman–Crippen MR) is 211 cm³/mol.